The molecule has 2 heterocycles. The highest BCUT2D eigenvalue weighted by atomic mass is 19.4. The van der Waals surface area contributed by atoms with E-state index in [0.717, 1.165) is 38.9 Å². The predicted molar refractivity (Wildman–Crippen MR) is 104 cm³/mol. The Hall–Kier alpha value is -1.31. The van der Waals surface area contributed by atoms with Crippen LogP contribution >= 0.6 is 0 Å². The van der Waals surface area contributed by atoms with Gasteiger partial charge in [0.25, 0.3) is 0 Å². The van der Waals surface area contributed by atoms with Gasteiger partial charge in [-0.25, -0.2) is 0 Å². The molecule has 3 unspecified atom stereocenters. The number of piperidine rings is 1. The summed E-state index contributed by atoms with van der Waals surface area (Å²) in [5.41, 5.74) is 0. The van der Waals surface area contributed by atoms with Crippen molar-refractivity contribution in [2.24, 2.45) is 17.8 Å². The molecular formula is C21H34F3N3O2. The van der Waals surface area contributed by atoms with Gasteiger partial charge in [0.05, 0.1) is 12.5 Å². The van der Waals surface area contributed by atoms with Crippen molar-refractivity contribution in [2.45, 2.75) is 58.0 Å². The van der Waals surface area contributed by atoms with E-state index in [1.807, 2.05) is 0 Å². The first-order chi connectivity index (χ1) is 13.8. The normalized spacial score (nSPS) is 29.9. The Morgan fingerprint density at radius 2 is 1.83 bits per heavy atom. The first kappa shape index (κ1) is 22.4. The van der Waals surface area contributed by atoms with Crippen molar-refractivity contribution in [3.05, 3.63) is 0 Å². The predicted octanol–water partition coefficient (Wildman–Crippen LogP) is 3.15. The van der Waals surface area contributed by atoms with Crippen LogP contribution < -0.4 is 0 Å². The Morgan fingerprint density at radius 1 is 1.07 bits per heavy atom. The number of piperazine rings is 1. The second-order valence-electron chi connectivity index (χ2n) is 9.03. The van der Waals surface area contributed by atoms with Gasteiger partial charge < -0.3 is 14.7 Å². The van der Waals surface area contributed by atoms with Crippen LogP contribution in [0.1, 0.15) is 51.9 Å². The van der Waals surface area contributed by atoms with E-state index < -0.39 is 12.1 Å². The summed E-state index contributed by atoms with van der Waals surface area (Å²) in [7, 11) is 0. The molecule has 0 aromatic carbocycles. The van der Waals surface area contributed by atoms with E-state index in [1.165, 1.54) is 0 Å². The molecule has 0 N–H and O–H groups in total. The van der Waals surface area contributed by atoms with E-state index in [4.69, 9.17) is 0 Å². The van der Waals surface area contributed by atoms with Gasteiger partial charge in [0.1, 0.15) is 0 Å². The smallest absolute Gasteiger partial charge is 0.339 e. The minimum atomic E-state index is -4.14. The lowest BCUT2D eigenvalue weighted by Crippen LogP contribution is -2.54. The van der Waals surface area contributed by atoms with E-state index in [1.54, 1.807) is 9.80 Å². The molecule has 1 saturated carbocycles. The van der Waals surface area contributed by atoms with E-state index in [-0.39, 0.29) is 37.1 Å². The molecule has 166 valence electrons. The Labute approximate surface area is 171 Å². The van der Waals surface area contributed by atoms with Gasteiger partial charge in [0, 0.05) is 32.6 Å². The van der Waals surface area contributed by atoms with Gasteiger partial charge in [0.2, 0.25) is 11.8 Å². The Balaban J connectivity index is 1.45. The van der Waals surface area contributed by atoms with Gasteiger partial charge in [-0.05, 0) is 57.0 Å². The van der Waals surface area contributed by atoms with Crippen molar-refractivity contribution < 1.29 is 22.8 Å². The summed E-state index contributed by atoms with van der Waals surface area (Å²) >= 11 is 0. The van der Waals surface area contributed by atoms with Crippen LogP contribution in [0.3, 0.4) is 0 Å². The molecule has 1 aliphatic carbocycles. The monoisotopic (exact) mass is 417 g/mol. The average molecular weight is 418 g/mol. The Morgan fingerprint density at radius 3 is 2.52 bits per heavy atom. The van der Waals surface area contributed by atoms with Crippen LogP contribution in [0.25, 0.3) is 0 Å². The standard InChI is InChI=1S/C21H34F3N3O2/c1-2-25-8-4-6-17(13-25)12-19(28)27-10-9-26(20(29)15-27)14-16-5-3-7-18(11-16)21(22,23)24/h16-18H,2-15H2,1H3. The largest absolute Gasteiger partial charge is 0.391 e. The van der Waals surface area contributed by atoms with Crippen molar-refractivity contribution in [2.75, 3.05) is 45.8 Å². The van der Waals surface area contributed by atoms with Gasteiger partial charge >= 0.3 is 6.18 Å². The maximum absolute atomic E-state index is 13.0. The molecule has 8 heteroatoms. The summed E-state index contributed by atoms with van der Waals surface area (Å²) in [4.78, 5) is 30.9. The molecule has 0 aromatic heterocycles. The molecule has 0 spiro atoms. The van der Waals surface area contributed by atoms with Gasteiger partial charge in [-0.1, -0.05) is 13.3 Å². The first-order valence-electron chi connectivity index (χ1n) is 11.1. The lowest BCUT2D eigenvalue weighted by Gasteiger charge is -2.39. The van der Waals surface area contributed by atoms with Gasteiger partial charge in [-0.15, -0.1) is 0 Å². The number of amides is 2. The van der Waals surface area contributed by atoms with Crippen LogP contribution in [0.4, 0.5) is 13.2 Å². The second kappa shape index (κ2) is 9.67. The number of hydrogen-bond acceptors (Lipinski definition) is 3. The zero-order valence-corrected chi connectivity index (χ0v) is 17.4. The third kappa shape index (κ3) is 6.09. The number of nitrogens with zero attached hydrogens (tertiary/aromatic N) is 3. The zero-order chi connectivity index (χ0) is 21.0. The van der Waals surface area contributed by atoms with Gasteiger partial charge in [0.15, 0.2) is 0 Å². The number of rotatable bonds is 5. The molecule has 3 atom stereocenters. The zero-order valence-electron chi connectivity index (χ0n) is 17.4. The number of hydrogen-bond donors (Lipinski definition) is 0. The molecule has 0 radical (unpaired) electrons. The molecule has 3 rings (SSSR count). The highest BCUT2D eigenvalue weighted by molar-refractivity contribution is 5.86. The number of likely N-dealkylation sites (tertiary alicyclic amines) is 1. The van der Waals surface area contributed by atoms with Crippen molar-refractivity contribution >= 4 is 11.8 Å². The highest BCUT2D eigenvalue weighted by Gasteiger charge is 2.42. The number of carbonyl (C=O) groups excluding carboxylic acids is 2. The van der Waals surface area contributed by atoms with Crippen LogP contribution in [-0.2, 0) is 9.59 Å². The van der Waals surface area contributed by atoms with Crippen LogP contribution in [0.2, 0.25) is 0 Å². The number of halogens is 3. The SMILES string of the molecule is CCN1CCCC(CC(=O)N2CCN(CC3CCCC(C(F)(F)F)C3)C(=O)C2)C1. The molecule has 2 amide bonds. The first-order valence-corrected chi connectivity index (χ1v) is 11.1. The van der Waals surface area contributed by atoms with Crippen LogP contribution in [-0.4, -0.2) is 78.5 Å². The van der Waals surface area contributed by atoms with E-state index >= 15 is 0 Å². The van der Waals surface area contributed by atoms with Crippen molar-refractivity contribution in [1.29, 1.82) is 0 Å². The summed E-state index contributed by atoms with van der Waals surface area (Å²) in [6.07, 6.45) is 0.140. The van der Waals surface area contributed by atoms with Crippen LogP contribution in [0.5, 0.6) is 0 Å². The fourth-order valence-corrected chi connectivity index (χ4v) is 5.16. The molecule has 29 heavy (non-hydrogen) atoms. The third-order valence-electron chi connectivity index (χ3n) is 6.91. The van der Waals surface area contributed by atoms with Crippen molar-refractivity contribution in [3.8, 4) is 0 Å². The Bertz CT molecular complexity index is 584. The minimum absolute atomic E-state index is 0.0377. The molecule has 3 aliphatic rings. The van der Waals surface area contributed by atoms with Crippen molar-refractivity contribution in [3.63, 3.8) is 0 Å². The number of carbonyl (C=O) groups is 2. The molecule has 0 aromatic rings. The summed E-state index contributed by atoms with van der Waals surface area (Å²) in [5.74, 6) is -1.07. The molecule has 3 fully saturated rings. The van der Waals surface area contributed by atoms with Crippen molar-refractivity contribution in [1.82, 2.24) is 14.7 Å². The molecule has 5 nitrogen and oxygen atoms in total. The highest BCUT2D eigenvalue weighted by Crippen LogP contribution is 2.40. The molecule has 0 bridgehead atoms. The topological polar surface area (TPSA) is 43.9 Å². The van der Waals surface area contributed by atoms with Crippen LogP contribution in [0.15, 0.2) is 0 Å². The fourth-order valence-electron chi connectivity index (χ4n) is 5.16. The Kier molecular flexibility index (Phi) is 7.46. The number of alkyl halides is 3. The second-order valence-corrected chi connectivity index (χ2v) is 9.03. The summed E-state index contributed by atoms with van der Waals surface area (Å²) in [6.45, 7) is 6.55. The average Bonchev–Trinajstić information content (AvgIpc) is 2.69. The van der Waals surface area contributed by atoms with Gasteiger partial charge in [-0.2, -0.15) is 13.2 Å². The van der Waals surface area contributed by atoms with Gasteiger partial charge in [-0.3, -0.25) is 9.59 Å². The molecule has 2 saturated heterocycles. The van der Waals surface area contributed by atoms with E-state index in [2.05, 4.69) is 11.8 Å². The lowest BCUT2D eigenvalue weighted by molar-refractivity contribution is -0.186. The maximum Gasteiger partial charge on any atom is 0.391 e. The molecule has 2 aliphatic heterocycles. The maximum atomic E-state index is 13.0. The third-order valence-corrected chi connectivity index (χ3v) is 6.91. The summed E-state index contributed by atoms with van der Waals surface area (Å²) < 4.78 is 39.1. The molecular weight excluding hydrogens is 383 g/mol. The summed E-state index contributed by atoms with van der Waals surface area (Å²) in [6, 6.07) is 0. The minimum Gasteiger partial charge on any atom is -0.339 e. The fraction of sp³-hybridized carbons (Fsp3) is 0.905. The van der Waals surface area contributed by atoms with Crippen LogP contribution in [0, 0.1) is 17.8 Å². The van der Waals surface area contributed by atoms with E-state index in [0.29, 0.717) is 38.4 Å². The quantitative estimate of drug-likeness (QED) is 0.690. The lowest BCUT2D eigenvalue weighted by atomic mass is 9.80. The summed E-state index contributed by atoms with van der Waals surface area (Å²) in [5, 5.41) is 0. The van der Waals surface area contributed by atoms with E-state index in [9.17, 15) is 22.8 Å².